The molecule has 152 valence electrons. The Morgan fingerprint density at radius 2 is 1.76 bits per heavy atom. The number of β-amino-alcohol motifs (C(OH)–C–C–N with tert-alkyl or cyclic N) is 1. The summed E-state index contributed by atoms with van der Waals surface area (Å²) in [5.41, 5.74) is 2.99. The second-order valence-corrected chi connectivity index (χ2v) is 7.81. The van der Waals surface area contributed by atoms with Crippen molar-refractivity contribution in [1.82, 2.24) is 9.88 Å². The number of nitrogens with zero attached hydrogens (tertiary/aromatic N) is 2. The Hall–Kier alpha value is -2.99. The summed E-state index contributed by atoms with van der Waals surface area (Å²) >= 11 is 0. The van der Waals surface area contributed by atoms with Gasteiger partial charge in [0.05, 0.1) is 17.7 Å². The number of likely N-dealkylation sites (tertiary alicyclic amines) is 1. The molecule has 3 rings (SSSR count). The first kappa shape index (κ1) is 20.7. The number of hydrogen-bond donors (Lipinski definition) is 2. The zero-order valence-corrected chi connectivity index (χ0v) is 17.1. The Balaban J connectivity index is 2.15. The van der Waals surface area contributed by atoms with Crippen molar-refractivity contribution in [2.24, 2.45) is 0 Å². The van der Waals surface area contributed by atoms with Crippen molar-refractivity contribution < 1.29 is 19.8 Å². The van der Waals surface area contributed by atoms with Gasteiger partial charge in [0, 0.05) is 24.0 Å². The maximum atomic E-state index is 12.8. The zero-order valence-electron chi connectivity index (χ0n) is 17.1. The molecule has 29 heavy (non-hydrogen) atoms. The summed E-state index contributed by atoms with van der Waals surface area (Å²) in [6, 6.07) is 10.3. The average molecular weight is 394 g/mol. The van der Waals surface area contributed by atoms with Gasteiger partial charge in [-0.2, -0.15) is 0 Å². The second-order valence-electron chi connectivity index (χ2n) is 7.81. The van der Waals surface area contributed by atoms with Crippen LogP contribution in [0.4, 0.5) is 0 Å². The third-order valence-corrected chi connectivity index (χ3v) is 5.10. The van der Waals surface area contributed by atoms with Crippen LogP contribution >= 0.6 is 0 Å². The van der Waals surface area contributed by atoms with Crippen LogP contribution in [0.2, 0.25) is 0 Å². The van der Waals surface area contributed by atoms with E-state index >= 15 is 0 Å². The fourth-order valence-corrected chi connectivity index (χ4v) is 3.53. The van der Waals surface area contributed by atoms with Crippen LogP contribution in [0.25, 0.3) is 5.76 Å². The third-order valence-electron chi connectivity index (χ3n) is 5.10. The first-order valence-corrected chi connectivity index (χ1v) is 9.70. The van der Waals surface area contributed by atoms with E-state index in [1.165, 1.54) is 11.1 Å². The Labute approximate surface area is 170 Å². The van der Waals surface area contributed by atoms with E-state index in [4.69, 9.17) is 0 Å². The van der Waals surface area contributed by atoms with Crippen molar-refractivity contribution in [3.8, 4) is 0 Å². The van der Waals surface area contributed by atoms with E-state index < -0.39 is 23.8 Å². The minimum absolute atomic E-state index is 0.00982. The fourth-order valence-electron chi connectivity index (χ4n) is 3.53. The Bertz CT molecular complexity index is 944. The molecule has 1 aromatic carbocycles. The number of pyridine rings is 1. The van der Waals surface area contributed by atoms with Crippen molar-refractivity contribution in [3.63, 3.8) is 0 Å². The van der Waals surface area contributed by atoms with Gasteiger partial charge in [-0.05, 0) is 43.0 Å². The number of rotatable bonds is 5. The molecule has 1 aromatic heterocycles. The molecule has 6 nitrogen and oxygen atoms in total. The Kier molecular flexibility index (Phi) is 5.84. The molecule has 2 heterocycles. The van der Waals surface area contributed by atoms with Crippen molar-refractivity contribution >= 4 is 17.4 Å². The molecule has 2 atom stereocenters. The lowest BCUT2D eigenvalue weighted by Crippen LogP contribution is -2.35. The summed E-state index contributed by atoms with van der Waals surface area (Å²) < 4.78 is 0. The Morgan fingerprint density at radius 1 is 1.10 bits per heavy atom. The van der Waals surface area contributed by atoms with Crippen LogP contribution in [0, 0.1) is 6.92 Å². The minimum atomic E-state index is -0.813. The molecule has 1 aliphatic rings. The van der Waals surface area contributed by atoms with Gasteiger partial charge in [0.1, 0.15) is 5.76 Å². The number of carbonyl (C=O) groups is 2. The van der Waals surface area contributed by atoms with Gasteiger partial charge >= 0.3 is 0 Å². The lowest BCUT2D eigenvalue weighted by molar-refractivity contribution is -0.140. The van der Waals surface area contributed by atoms with Crippen molar-refractivity contribution in [2.75, 3.05) is 6.54 Å². The molecule has 6 heteroatoms. The van der Waals surface area contributed by atoms with Gasteiger partial charge in [0.25, 0.3) is 11.7 Å². The normalized spacial score (nSPS) is 19.8. The lowest BCUT2D eigenvalue weighted by atomic mass is 9.93. The number of hydrogen-bond acceptors (Lipinski definition) is 5. The van der Waals surface area contributed by atoms with E-state index in [1.807, 2.05) is 31.2 Å². The van der Waals surface area contributed by atoms with Gasteiger partial charge in [0.2, 0.25) is 0 Å². The number of aliphatic hydroxyl groups is 2. The van der Waals surface area contributed by atoms with Gasteiger partial charge in [-0.1, -0.05) is 38.1 Å². The number of Topliss-reactive ketones (excluding diaryl/α,β-unsaturated/α-hetero) is 1. The number of aliphatic hydroxyl groups excluding tert-OH is 2. The summed E-state index contributed by atoms with van der Waals surface area (Å²) in [5.74, 6) is -1.42. The van der Waals surface area contributed by atoms with E-state index in [1.54, 1.807) is 19.1 Å². The van der Waals surface area contributed by atoms with Gasteiger partial charge in [-0.25, -0.2) is 0 Å². The molecule has 0 bridgehead atoms. The molecule has 0 aliphatic carbocycles. The Morgan fingerprint density at radius 3 is 2.28 bits per heavy atom. The number of aryl methyl sites for hydroxylation is 1. The topological polar surface area (TPSA) is 90.7 Å². The number of ketones is 1. The molecule has 2 unspecified atom stereocenters. The number of carbonyl (C=O) groups excluding carboxylic acids is 2. The van der Waals surface area contributed by atoms with Crippen LogP contribution < -0.4 is 0 Å². The highest BCUT2D eigenvalue weighted by molar-refractivity contribution is 6.46. The van der Waals surface area contributed by atoms with Gasteiger partial charge in [-0.3, -0.25) is 14.6 Å². The monoisotopic (exact) mass is 394 g/mol. The molecule has 1 aliphatic heterocycles. The molecule has 0 radical (unpaired) electrons. The molecule has 1 amide bonds. The van der Waals surface area contributed by atoms with Crippen molar-refractivity contribution in [3.05, 3.63) is 70.6 Å². The van der Waals surface area contributed by atoms with Crippen LogP contribution in [-0.4, -0.2) is 44.4 Å². The average Bonchev–Trinajstić information content (AvgIpc) is 2.92. The quantitative estimate of drug-likeness (QED) is 0.461. The molecule has 0 spiro atoms. The highest BCUT2D eigenvalue weighted by atomic mass is 16.3. The van der Waals surface area contributed by atoms with Gasteiger partial charge in [0.15, 0.2) is 0 Å². The van der Waals surface area contributed by atoms with Crippen LogP contribution in [0.3, 0.4) is 0 Å². The molecule has 1 fully saturated rings. The highest BCUT2D eigenvalue weighted by Crippen LogP contribution is 2.39. The summed E-state index contributed by atoms with van der Waals surface area (Å²) in [7, 11) is 0. The second kappa shape index (κ2) is 8.17. The van der Waals surface area contributed by atoms with E-state index in [9.17, 15) is 19.8 Å². The fraction of sp³-hybridized carbons (Fsp3) is 0.348. The van der Waals surface area contributed by atoms with Gasteiger partial charge in [-0.15, -0.1) is 0 Å². The largest absolute Gasteiger partial charge is 0.507 e. The molecular formula is C23H26N2O4. The summed E-state index contributed by atoms with van der Waals surface area (Å²) in [4.78, 5) is 31.0. The standard InChI is InChI=1S/C23H26N2O4/c1-13(2)16-7-9-17(10-8-16)20-19(21(27)18-6-5-14(3)24-11-18)22(28)23(29)25(20)12-15(4)26/h5-11,13,15,20,26-27H,12H2,1-4H3/b21-19+. The predicted octanol–water partition coefficient (Wildman–Crippen LogP) is 3.32. The summed E-state index contributed by atoms with van der Waals surface area (Å²) in [5, 5.41) is 20.8. The van der Waals surface area contributed by atoms with E-state index in [0.717, 1.165) is 11.3 Å². The molecule has 0 saturated carbocycles. The number of aromatic nitrogens is 1. The van der Waals surface area contributed by atoms with Crippen LogP contribution in [0.15, 0.2) is 48.2 Å². The SMILES string of the molecule is Cc1ccc(/C(O)=C2\C(=O)C(=O)N(CC(C)O)C2c2ccc(C(C)C)cc2)cn1. The summed E-state index contributed by atoms with van der Waals surface area (Å²) in [6.45, 7) is 7.53. The molecular weight excluding hydrogens is 368 g/mol. The first-order valence-electron chi connectivity index (χ1n) is 9.70. The first-order chi connectivity index (χ1) is 13.7. The zero-order chi connectivity index (χ0) is 21.3. The smallest absolute Gasteiger partial charge is 0.295 e. The lowest BCUT2D eigenvalue weighted by Gasteiger charge is -2.26. The van der Waals surface area contributed by atoms with Gasteiger partial charge < -0.3 is 15.1 Å². The van der Waals surface area contributed by atoms with Crippen LogP contribution in [0.5, 0.6) is 0 Å². The van der Waals surface area contributed by atoms with E-state index in [2.05, 4.69) is 18.8 Å². The van der Waals surface area contributed by atoms with Crippen LogP contribution in [-0.2, 0) is 9.59 Å². The van der Waals surface area contributed by atoms with Crippen molar-refractivity contribution in [1.29, 1.82) is 0 Å². The highest BCUT2D eigenvalue weighted by Gasteiger charge is 2.46. The molecule has 2 aromatic rings. The maximum Gasteiger partial charge on any atom is 0.295 e. The summed E-state index contributed by atoms with van der Waals surface area (Å²) in [6.07, 6.45) is 0.665. The molecule has 2 N–H and O–H groups in total. The maximum absolute atomic E-state index is 12.8. The molecule has 1 saturated heterocycles. The minimum Gasteiger partial charge on any atom is -0.507 e. The number of amides is 1. The van der Waals surface area contributed by atoms with Crippen molar-refractivity contribution in [2.45, 2.75) is 45.8 Å². The predicted molar refractivity (Wildman–Crippen MR) is 110 cm³/mol. The third kappa shape index (κ3) is 4.07. The van der Waals surface area contributed by atoms with E-state index in [-0.39, 0.29) is 17.9 Å². The van der Waals surface area contributed by atoms with E-state index in [0.29, 0.717) is 17.0 Å². The number of benzene rings is 1. The van der Waals surface area contributed by atoms with Crippen LogP contribution in [0.1, 0.15) is 55.1 Å².